The summed E-state index contributed by atoms with van der Waals surface area (Å²) in [5.74, 6) is -2.46. The quantitative estimate of drug-likeness (QED) is 0.0972. The van der Waals surface area contributed by atoms with Gasteiger partial charge in [-0.3, -0.25) is 29.0 Å². The minimum absolute atomic E-state index is 0.0825. The van der Waals surface area contributed by atoms with E-state index in [9.17, 15) is 29.6 Å². The number of hydrogen-bond acceptors (Lipinski definition) is 9. The molecule has 0 spiro atoms. The van der Waals surface area contributed by atoms with E-state index in [1.807, 2.05) is 29.5 Å². The number of β-lactam (4-membered cyclic amide) rings is 1. The Labute approximate surface area is 242 Å². The average Bonchev–Trinajstić information content (AvgIpc) is 3.57. The van der Waals surface area contributed by atoms with Crippen molar-refractivity contribution in [2.75, 3.05) is 0 Å². The second kappa shape index (κ2) is 9.42. The highest BCUT2D eigenvalue weighted by atomic mass is 79.9. The van der Waals surface area contributed by atoms with E-state index in [-0.39, 0.29) is 17.8 Å². The lowest BCUT2D eigenvalue weighted by Gasteiger charge is -2.51. The third-order valence-corrected chi connectivity index (χ3v) is 10.8. The van der Waals surface area contributed by atoms with Crippen LogP contribution in [0.5, 0.6) is 0 Å². The molecule has 3 atom stereocenters. The van der Waals surface area contributed by atoms with Gasteiger partial charge in [-0.15, -0.1) is 11.8 Å². The maximum Gasteiger partial charge on any atom is 0.353 e. The summed E-state index contributed by atoms with van der Waals surface area (Å²) in [5.41, 5.74) is 2.76. The van der Waals surface area contributed by atoms with Gasteiger partial charge in [0.2, 0.25) is 0 Å². The van der Waals surface area contributed by atoms with Crippen molar-refractivity contribution in [2.24, 2.45) is 0 Å². The summed E-state index contributed by atoms with van der Waals surface area (Å²) in [6, 6.07) is 11.7. The van der Waals surface area contributed by atoms with Crippen LogP contribution in [0.25, 0.3) is 15.2 Å². The molecule has 2 aromatic carbocycles. The number of ether oxygens (including phenoxy) is 1. The van der Waals surface area contributed by atoms with Crippen molar-refractivity contribution in [3.63, 3.8) is 0 Å². The average molecular weight is 643 g/mol. The number of rotatable bonds is 7. The number of carbonyl (C=O) groups is 3. The van der Waals surface area contributed by atoms with Crippen molar-refractivity contribution in [3.05, 3.63) is 86.2 Å². The molecule has 204 valence electrons. The third-order valence-electron chi connectivity index (χ3n) is 6.88. The topological polar surface area (TPSA) is 144 Å². The van der Waals surface area contributed by atoms with E-state index in [2.05, 4.69) is 15.9 Å². The number of alkyl halides is 1. The van der Waals surface area contributed by atoms with Gasteiger partial charge >= 0.3 is 11.9 Å². The molecule has 3 unspecified atom stereocenters. The third kappa shape index (κ3) is 3.92. The van der Waals surface area contributed by atoms with Crippen molar-refractivity contribution in [2.45, 2.75) is 36.1 Å². The highest BCUT2D eigenvalue weighted by molar-refractivity contribution is 9.10. The van der Waals surface area contributed by atoms with Gasteiger partial charge in [0.1, 0.15) is 16.8 Å². The first-order chi connectivity index (χ1) is 19.0. The Morgan fingerprint density at radius 2 is 2.00 bits per heavy atom. The molecule has 4 aromatic rings. The molecule has 4 heterocycles. The number of non-ortho nitro benzene ring substituents is 1. The van der Waals surface area contributed by atoms with Gasteiger partial charge < -0.3 is 9.84 Å². The molecule has 2 aromatic heterocycles. The van der Waals surface area contributed by atoms with Gasteiger partial charge in [-0.2, -0.15) is 0 Å². The van der Waals surface area contributed by atoms with Crippen LogP contribution in [-0.4, -0.2) is 51.9 Å². The fourth-order valence-electron chi connectivity index (χ4n) is 5.10. The van der Waals surface area contributed by atoms with E-state index < -0.39 is 38.6 Å². The number of nitro groups is 1. The number of thiazole rings is 1. The number of allylic oxidation sites excluding steroid dienone is 1. The van der Waals surface area contributed by atoms with Gasteiger partial charge in [-0.1, -0.05) is 51.5 Å². The van der Waals surface area contributed by atoms with Crippen molar-refractivity contribution in [3.8, 4) is 0 Å². The zero-order chi connectivity index (χ0) is 28.5. The number of nitro benzene ring substituents is 1. The largest absolute Gasteiger partial charge is 0.477 e. The Kier molecular flexibility index (Phi) is 6.23. The summed E-state index contributed by atoms with van der Waals surface area (Å²) < 4.78 is 7.17. The SMILES string of the molecule is CC(=O)OC(c1cn2c(n1)sc1cccc(C)c12)C1(Br)C(=O)N2C(C(=O)O)=C(Cc3ccc([N+](=O)[O-])cc3)SC21. The highest BCUT2D eigenvalue weighted by Gasteiger charge is 2.70. The lowest BCUT2D eigenvalue weighted by Crippen LogP contribution is -2.70. The predicted molar refractivity (Wildman–Crippen MR) is 151 cm³/mol. The van der Waals surface area contributed by atoms with Gasteiger partial charge in [-0.05, 0) is 24.1 Å². The molecule has 1 saturated heterocycles. The van der Waals surface area contributed by atoms with Crippen molar-refractivity contribution < 1.29 is 29.2 Å². The maximum absolute atomic E-state index is 13.7. The molecule has 0 bridgehead atoms. The number of fused-ring (bicyclic) bond motifs is 4. The normalized spacial score (nSPS) is 21.0. The molecule has 2 aliphatic heterocycles. The van der Waals surface area contributed by atoms with Crippen molar-refractivity contribution in [1.82, 2.24) is 14.3 Å². The van der Waals surface area contributed by atoms with Crippen LogP contribution in [0.2, 0.25) is 0 Å². The van der Waals surface area contributed by atoms with Crippen LogP contribution in [-0.2, 0) is 25.5 Å². The number of aryl methyl sites for hydroxylation is 1. The molecule has 0 aliphatic carbocycles. The summed E-state index contributed by atoms with van der Waals surface area (Å²) >= 11 is 6.21. The number of benzene rings is 2. The summed E-state index contributed by atoms with van der Waals surface area (Å²) in [5, 5.41) is 20.3. The number of imidazole rings is 1. The first-order valence-corrected chi connectivity index (χ1v) is 14.4. The minimum atomic E-state index is -1.48. The molecule has 1 N–H and O–H groups in total. The van der Waals surface area contributed by atoms with E-state index in [0.717, 1.165) is 15.8 Å². The van der Waals surface area contributed by atoms with Gasteiger partial charge in [0.25, 0.3) is 11.6 Å². The molecule has 0 saturated carbocycles. The maximum atomic E-state index is 13.7. The number of aliphatic carboxylic acids is 1. The molecule has 2 aliphatic rings. The molecule has 6 rings (SSSR count). The van der Waals surface area contributed by atoms with E-state index >= 15 is 0 Å². The Morgan fingerprint density at radius 1 is 1.27 bits per heavy atom. The fraction of sp³-hybridized carbons (Fsp3) is 0.231. The van der Waals surface area contributed by atoms with E-state index in [0.29, 0.717) is 21.1 Å². The second-order valence-corrected chi connectivity index (χ2v) is 12.9. The summed E-state index contributed by atoms with van der Waals surface area (Å²) in [4.78, 5) is 55.7. The number of nitrogens with zero attached hydrogens (tertiary/aromatic N) is 4. The van der Waals surface area contributed by atoms with Gasteiger partial charge in [0, 0.05) is 36.6 Å². The summed E-state index contributed by atoms with van der Waals surface area (Å²) in [6.07, 6.45) is 0.764. The molecule has 14 heteroatoms. The summed E-state index contributed by atoms with van der Waals surface area (Å²) in [7, 11) is 0. The molecular formula is C26H19BrN4O7S2. The van der Waals surface area contributed by atoms with Crippen molar-refractivity contribution >= 4 is 77.7 Å². The van der Waals surface area contributed by atoms with Crippen LogP contribution in [0.3, 0.4) is 0 Å². The van der Waals surface area contributed by atoms with E-state index in [1.54, 1.807) is 18.3 Å². The minimum Gasteiger partial charge on any atom is -0.477 e. The number of carboxylic acid groups (broad SMARTS) is 1. The Bertz CT molecular complexity index is 1800. The number of halogens is 1. The van der Waals surface area contributed by atoms with Crippen LogP contribution in [0, 0.1) is 17.0 Å². The highest BCUT2D eigenvalue weighted by Crippen LogP contribution is 2.60. The lowest BCUT2D eigenvalue weighted by atomic mass is 9.88. The Morgan fingerprint density at radius 3 is 2.65 bits per heavy atom. The summed E-state index contributed by atoms with van der Waals surface area (Å²) in [6.45, 7) is 3.22. The first kappa shape index (κ1) is 26.5. The molecule has 1 fully saturated rings. The molecule has 40 heavy (non-hydrogen) atoms. The smallest absolute Gasteiger partial charge is 0.353 e. The van der Waals surface area contributed by atoms with Crippen molar-refractivity contribution in [1.29, 1.82) is 0 Å². The van der Waals surface area contributed by atoms with Crippen LogP contribution in [0.4, 0.5) is 5.69 Å². The number of carboxylic acids is 1. The fourth-order valence-corrected chi connectivity index (χ4v) is 8.71. The van der Waals surface area contributed by atoms with Gasteiger partial charge in [0.15, 0.2) is 15.4 Å². The first-order valence-electron chi connectivity index (χ1n) is 11.9. The number of esters is 1. The standard InChI is InChI=1S/C26H19BrN4O7S2/c1-12-4-3-5-17-19(12)29-11-16(28-25(29)40-17)21(38-13(2)32)26(27)23(35)30-20(22(33)34)18(39-24(26)30)10-14-6-8-15(9-7-14)31(36)37/h3-9,11,21,24H,10H2,1-2H3,(H,33,34). The Balaban J connectivity index is 1.37. The molecule has 1 amide bonds. The number of hydrogen-bond donors (Lipinski definition) is 1. The van der Waals surface area contributed by atoms with E-state index in [4.69, 9.17) is 9.72 Å². The molecular weight excluding hydrogens is 624 g/mol. The molecule has 0 radical (unpaired) electrons. The number of para-hydroxylation sites is 1. The number of carbonyl (C=O) groups excluding carboxylic acids is 2. The lowest BCUT2D eigenvalue weighted by molar-refractivity contribution is -0.384. The number of aromatic nitrogens is 2. The van der Waals surface area contributed by atoms with Crippen LogP contribution < -0.4 is 0 Å². The van der Waals surface area contributed by atoms with Crippen LogP contribution in [0.15, 0.2) is 59.3 Å². The second-order valence-electron chi connectivity index (χ2n) is 9.42. The predicted octanol–water partition coefficient (Wildman–Crippen LogP) is 4.96. The molecule has 11 nitrogen and oxygen atoms in total. The zero-order valence-electron chi connectivity index (χ0n) is 20.9. The Hall–Kier alpha value is -3.75. The zero-order valence-corrected chi connectivity index (χ0v) is 24.1. The number of amides is 1. The number of thioether (sulfide) groups is 1. The van der Waals surface area contributed by atoms with Crippen LogP contribution in [0.1, 0.15) is 29.8 Å². The van der Waals surface area contributed by atoms with Crippen LogP contribution >= 0.6 is 39.0 Å². The van der Waals surface area contributed by atoms with E-state index in [1.165, 1.54) is 47.1 Å². The monoisotopic (exact) mass is 642 g/mol. The van der Waals surface area contributed by atoms with Gasteiger partial charge in [-0.25, -0.2) is 9.78 Å². The van der Waals surface area contributed by atoms with Gasteiger partial charge in [0.05, 0.1) is 15.1 Å².